The van der Waals surface area contributed by atoms with Gasteiger partial charge in [0.15, 0.2) is 0 Å². The fraction of sp³-hybridized carbons (Fsp3) is 0.263. The molecule has 0 N–H and O–H groups in total. The van der Waals surface area contributed by atoms with Gasteiger partial charge in [-0.15, -0.1) is 0 Å². The summed E-state index contributed by atoms with van der Waals surface area (Å²) in [4.78, 5) is 28.1. The number of hydrogen-bond donors (Lipinski definition) is 0. The first kappa shape index (κ1) is 15.4. The number of hydrogen-bond acceptors (Lipinski definition) is 3. The van der Waals surface area contributed by atoms with E-state index in [1.165, 1.54) is 10.5 Å². The standard InChI is InChI=1S/C19H20N2O2/c1-20(14-15-8-3-2-4-9-15)12-7-13-21-18(22)16-10-5-6-11-17(16)19(21)23/h2-6,8-11H,7,12-14H2,1H3. The predicted molar refractivity (Wildman–Crippen MR) is 89.2 cm³/mol. The summed E-state index contributed by atoms with van der Waals surface area (Å²) in [5.74, 6) is -0.340. The number of amides is 2. The summed E-state index contributed by atoms with van der Waals surface area (Å²) in [6.07, 6.45) is 0.773. The highest BCUT2D eigenvalue weighted by molar-refractivity contribution is 6.21. The van der Waals surface area contributed by atoms with Gasteiger partial charge in [-0.25, -0.2) is 0 Å². The van der Waals surface area contributed by atoms with Crippen LogP contribution in [0.5, 0.6) is 0 Å². The molecule has 1 aliphatic heterocycles. The zero-order chi connectivity index (χ0) is 16.2. The van der Waals surface area contributed by atoms with Crippen LogP contribution in [0.2, 0.25) is 0 Å². The molecule has 0 aromatic heterocycles. The normalized spacial score (nSPS) is 13.7. The van der Waals surface area contributed by atoms with E-state index in [2.05, 4.69) is 24.1 Å². The van der Waals surface area contributed by atoms with E-state index in [9.17, 15) is 9.59 Å². The van der Waals surface area contributed by atoms with Crippen LogP contribution in [0.4, 0.5) is 0 Å². The molecule has 0 aliphatic carbocycles. The lowest BCUT2D eigenvalue weighted by molar-refractivity contribution is 0.0648. The molecule has 0 fully saturated rings. The zero-order valence-corrected chi connectivity index (χ0v) is 13.2. The van der Waals surface area contributed by atoms with Crippen LogP contribution in [-0.4, -0.2) is 41.8 Å². The largest absolute Gasteiger partial charge is 0.302 e. The van der Waals surface area contributed by atoms with E-state index in [0.717, 1.165) is 19.5 Å². The molecule has 0 atom stereocenters. The Hall–Kier alpha value is -2.46. The van der Waals surface area contributed by atoms with Crippen molar-refractivity contribution in [2.75, 3.05) is 20.1 Å². The Bertz CT molecular complexity index is 677. The maximum Gasteiger partial charge on any atom is 0.261 e. The van der Waals surface area contributed by atoms with Crippen molar-refractivity contribution in [3.8, 4) is 0 Å². The number of carbonyl (C=O) groups excluding carboxylic acids is 2. The highest BCUT2D eigenvalue weighted by Gasteiger charge is 2.34. The highest BCUT2D eigenvalue weighted by Crippen LogP contribution is 2.22. The van der Waals surface area contributed by atoms with E-state index in [4.69, 9.17) is 0 Å². The molecule has 4 heteroatoms. The average Bonchev–Trinajstić information content (AvgIpc) is 2.81. The molecular weight excluding hydrogens is 288 g/mol. The Morgan fingerprint density at radius 3 is 2.04 bits per heavy atom. The number of benzene rings is 2. The molecule has 3 rings (SSSR count). The second-order valence-corrected chi connectivity index (χ2v) is 5.88. The summed E-state index contributed by atoms with van der Waals surface area (Å²) in [5, 5.41) is 0. The van der Waals surface area contributed by atoms with E-state index in [1.54, 1.807) is 24.3 Å². The third kappa shape index (κ3) is 3.32. The van der Waals surface area contributed by atoms with Crippen molar-refractivity contribution in [2.24, 2.45) is 0 Å². The number of nitrogens with zero attached hydrogens (tertiary/aromatic N) is 2. The number of carbonyl (C=O) groups is 2. The fourth-order valence-corrected chi connectivity index (χ4v) is 2.92. The lowest BCUT2D eigenvalue weighted by Crippen LogP contribution is -2.32. The van der Waals surface area contributed by atoms with E-state index >= 15 is 0 Å². The van der Waals surface area contributed by atoms with Gasteiger partial charge in [0.1, 0.15) is 0 Å². The molecule has 0 radical (unpaired) electrons. The lowest BCUT2D eigenvalue weighted by Gasteiger charge is -2.19. The Morgan fingerprint density at radius 2 is 1.43 bits per heavy atom. The third-order valence-electron chi connectivity index (χ3n) is 4.10. The molecule has 0 saturated heterocycles. The Morgan fingerprint density at radius 1 is 0.870 bits per heavy atom. The van der Waals surface area contributed by atoms with Crippen LogP contribution >= 0.6 is 0 Å². The molecule has 23 heavy (non-hydrogen) atoms. The van der Waals surface area contributed by atoms with Crippen molar-refractivity contribution in [2.45, 2.75) is 13.0 Å². The van der Waals surface area contributed by atoms with Crippen LogP contribution in [0.3, 0.4) is 0 Å². The highest BCUT2D eigenvalue weighted by atomic mass is 16.2. The monoisotopic (exact) mass is 308 g/mol. The lowest BCUT2D eigenvalue weighted by atomic mass is 10.1. The summed E-state index contributed by atoms with van der Waals surface area (Å²) < 4.78 is 0. The zero-order valence-electron chi connectivity index (χ0n) is 13.2. The van der Waals surface area contributed by atoms with Crippen molar-refractivity contribution in [3.63, 3.8) is 0 Å². The van der Waals surface area contributed by atoms with Crippen LogP contribution < -0.4 is 0 Å². The molecule has 0 saturated carbocycles. The van der Waals surface area contributed by atoms with Crippen molar-refractivity contribution < 1.29 is 9.59 Å². The van der Waals surface area contributed by atoms with Crippen LogP contribution in [0.15, 0.2) is 54.6 Å². The molecule has 2 aromatic carbocycles. The molecular formula is C19H20N2O2. The van der Waals surface area contributed by atoms with Gasteiger partial charge in [-0.3, -0.25) is 14.5 Å². The molecule has 1 aliphatic rings. The van der Waals surface area contributed by atoms with Gasteiger partial charge in [-0.05, 0) is 37.7 Å². The van der Waals surface area contributed by atoms with Gasteiger partial charge in [0.25, 0.3) is 11.8 Å². The van der Waals surface area contributed by atoms with Crippen LogP contribution in [-0.2, 0) is 6.54 Å². The van der Waals surface area contributed by atoms with Gasteiger partial charge in [0.05, 0.1) is 11.1 Å². The SMILES string of the molecule is CN(CCCN1C(=O)c2ccccc2C1=O)Cc1ccccc1. The molecule has 0 spiro atoms. The smallest absolute Gasteiger partial charge is 0.261 e. The maximum absolute atomic E-state index is 12.3. The van der Waals surface area contributed by atoms with Gasteiger partial charge >= 0.3 is 0 Å². The number of imide groups is 1. The molecule has 1 heterocycles. The molecule has 2 aromatic rings. The van der Waals surface area contributed by atoms with Gasteiger partial charge in [-0.1, -0.05) is 42.5 Å². The summed E-state index contributed by atoms with van der Waals surface area (Å²) in [6, 6.07) is 17.3. The maximum atomic E-state index is 12.3. The second-order valence-electron chi connectivity index (χ2n) is 5.88. The minimum Gasteiger partial charge on any atom is -0.302 e. The van der Waals surface area contributed by atoms with E-state index < -0.39 is 0 Å². The first-order valence-electron chi connectivity index (χ1n) is 7.84. The van der Waals surface area contributed by atoms with Gasteiger partial charge in [0.2, 0.25) is 0 Å². The molecule has 4 nitrogen and oxygen atoms in total. The van der Waals surface area contributed by atoms with Crippen molar-refractivity contribution >= 4 is 11.8 Å². The van der Waals surface area contributed by atoms with Crippen LogP contribution in [0, 0.1) is 0 Å². The minimum absolute atomic E-state index is 0.170. The fourth-order valence-electron chi connectivity index (χ4n) is 2.92. The Kier molecular flexibility index (Phi) is 4.53. The third-order valence-corrected chi connectivity index (χ3v) is 4.10. The van der Waals surface area contributed by atoms with Crippen molar-refractivity contribution in [1.29, 1.82) is 0 Å². The first-order chi connectivity index (χ1) is 11.2. The van der Waals surface area contributed by atoms with Gasteiger partial charge in [0, 0.05) is 13.1 Å². The van der Waals surface area contributed by atoms with E-state index in [0.29, 0.717) is 17.7 Å². The average molecular weight is 308 g/mol. The number of rotatable bonds is 6. The molecule has 0 bridgehead atoms. The topological polar surface area (TPSA) is 40.6 Å². The van der Waals surface area contributed by atoms with Crippen molar-refractivity contribution in [3.05, 3.63) is 71.3 Å². The minimum atomic E-state index is -0.170. The summed E-state index contributed by atoms with van der Waals surface area (Å²) in [7, 11) is 2.05. The van der Waals surface area contributed by atoms with Crippen LogP contribution in [0.25, 0.3) is 0 Å². The molecule has 2 amide bonds. The van der Waals surface area contributed by atoms with E-state index in [1.807, 2.05) is 18.2 Å². The summed E-state index contributed by atoms with van der Waals surface area (Å²) >= 11 is 0. The molecule has 0 unspecified atom stereocenters. The summed E-state index contributed by atoms with van der Waals surface area (Å²) in [5.41, 5.74) is 2.31. The number of fused-ring (bicyclic) bond motifs is 1. The second kappa shape index (κ2) is 6.75. The Labute approximate surface area is 136 Å². The molecule has 118 valence electrons. The van der Waals surface area contributed by atoms with Gasteiger partial charge < -0.3 is 4.90 Å². The Balaban J connectivity index is 1.52. The predicted octanol–water partition coefficient (Wildman–Crippen LogP) is 2.80. The quantitative estimate of drug-likeness (QED) is 0.771. The van der Waals surface area contributed by atoms with E-state index in [-0.39, 0.29) is 11.8 Å². The first-order valence-corrected chi connectivity index (χ1v) is 7.84. The van der Waals surface area contributed by atoms with Crippen molar-refractivity contribution in [1.82, 2.24) is 9.80 Å². The van der Waals surface area contributed by atoms with Gasteiger partial charge in [-0.2, -0.15) is 0 Å². The van der Waals surface area contributed by atoms with Crippen LogP contribution in [0.1, 0.15) is 32.7 Å². The summed E-state index contributed by atoms with van der Waals surface area (Å²) in [6.45, 7) is 2.16.